The van der Waals surface area contributed by atoms with E-state index in [-0.39, 0.29) is 0 Å². The Balaban J connectivity index is 0.000000340. The van der Waals surface area contributed by atoms with Crippen molar-refractivity contribution >= 4 is 66.7 Å². The summed E-state index contributed by atoms with van der Waals surface area (Å²) in [5.74, 6) is 0. The molecule has 0 fully saturated rings. The van der Waals surface area contributed by atoms with Crippen molar-refractivity contribution in [2.75, 3.05) is 0 Å². The molecule has 12 heteroatoms. The molecule has 0 saturated heterocycles. The zero-order valence-corrected chi connectivity index (χ0v) is 17.6. The predicted octanol–water partition coefficient (Wildman–Crippen LogP) is 7.11. The maximum absolute atomic E-state index is 9.91. The van der Waals surface area contributed by atoms with E-state index >= 15 is 0 Å². The van der Waals surface area contributed by atoms with Gasteiger partial charge in [0, 0.05) is 11.4 Å². The Bertz CT molecular complexity index is 628. The fraction of sp³-hybridized carbons (Fsp3) is 0.167. The van der Waals surface area contributed by atoms with Crippen LogP contribution >= 0.6 is 46.4 Å². The second-order valence-corrected chi connectivity index (χ2v) is 9.27. The Morgan fingerprint density at radius 2 is 0.917 bits per heavy atom. The predicted molar refractivity (Wildman–Crippen MR) is 89.3 cm³/mol. The summed E-state index contributed by atoms with van der Waals surface area (Å²) in [4.78, 5) is 7.81. The van der Waals surface area contributed by atoms with Crippen LogP contribution in [0.4, 0.5) is 14.1 Å². The minimum atomic E-state index is -9.19. The van der Waals surface area contributed by atoms with Crippen LogP contribution in [-0.2, 0) is 0 Å². The molecule has 0 aliphatic heterocycles. The van der Waals surface area contributed by atoms with E-state index in [1.54, 1.807) is 12.1 Å². The fourth-order valence-corrected chi connectivity index (χ4v) is 1.62. The number of pyridine rings is 2. The number of aromatic nitrogens is 2. The van der Waals surface area contributed by atoms with Gasteiger partial charge in [0.25, 0.3) is 0 Å². The first-order chi connectivity index (χ1) is 10.6. The van der Waals surface area contributed by atoms with Crippen LogP contribution in [-0.4, -0.2) is 30.3 Å². The summed E-state index contributed by atoms with van der Waals surface area (Å²) >= 11 is 13.1. The van der Waals surface area contributed by atoms with E-state index < -0.39 is 20.3 Å². The van der Waals surface area contributed by atoms with Gasteiger partial charge < -0.3 is 0 Å². The summed E-state index contributed by atoms with van der Waals surface area (Å²) < 4.78 is 49.6. The summed E-state index contributed by atoms with van der Waals surface area (Å²) in [5, 5.41) is 1.75. The number of hydrogen-bond donors (Lipinski definition) is 0. The number of hydrogen-bond acceptors (Lipinski definition) is 2. The molecule has 0 spiro atoms. The van der Waals surface area contributed by atoms with Crippen LogP contribution in [0.5, 0.6) is 0 Å². The van der Waals surface area contributed by atoms with Gasteiger partial charge in [-0.3, -0.25) is 0 Å². The first-order valence-electron chi connectivity index (χ1n) is 5.82. The van der Waals surface area contributed by atoms with Gasteiger partial charge in [0.1, 0.15) is 10.3 Å². The zero-order chi connectivity index (χ0) is 19.2. The van der Waals surface area contributed by atoms with Crippen molar-refractivity contribution in [1.29, 1.82) is 0 Å². The molecule has 0 radical (unpaired) electrons. The Morgan fingerprint density at radius 1 is 0.667 bits per heavy atom. The van der Waals surface area contributed by atoms with E-state index in [1.807, 2.05) is 26.0 Å². The summed E-state index contributed by atoms with van der Waals surface area (Å²) in [7, 11) is 0. The summed E-state index contributed by atoms with van der Waals surface area (Å²) in [6, 6.07) is 7.08. The van der Waals surface area contributed by atoms with Gasteiger partial charge in [-0.2, -0.15) is 0 Å². The van der Waals surface area contributed by atoms with Crippen molar-refractivity contribution < 1.29 is 14.1 Å². The SMILES string of the molecule is Cc1ccc(Cl)c(Cl)n1.Cc1ccc(Cl)c(Cl)n1.[F][Sb]([F])([F])([F])[F]. The molecule has 0 unspecified atom stereocenters. The average Bonchev–Trinajstić information content (AvgIpc) is 2.37. The molecule has 0 saturated carbocycles. The van der Waals surface area contributed by atoms with Gasteiger partial charge in [0.2, 0.25) is 0 Å². The molecule has 0 atom stereocenters. The molecule has 0 aromatic carbocycles. The molecule has 0 N–H and O–H groups in total. The molecule has 0 aliphatic rings. The second-order valence-electron chi connectivity index (χ2n) is 4.09. The molecule has 2 aromatic heterocycles. The van der Waals surface area contributed by atoms with Crippen LogP contribution < -0.4 is 0 Å². The molecule has 2 heterocycles. The summed E-state index contributed by atoms with van der Waals surface area (Å²) in [6.45, 7) is 3.73. The molecule has 0 bridgehead atoms. The van der Waals surface area contributed by atoms with Gasteiger partial charge in [0.15, 0.2) is 0 Å². The third kappa shape index (κ3) is 14.3. The second kappa shape index (κ2) is 9.58. The van der Waals surface area contributed by atoms with Gasteiger partial charge in [-0.1, -0.05) is 46.4 Å². The molecule has 0 aliphatic carbocycles. The van der Waals surface area contributed by atoms with Crippen molar-refractivity contribution in [3.8, 4) is 0 Å². The first-order valence-corrected chi connectivity index (χ1v) is 12.2. The van der Waals surface area contributed by atoms with Crippen LogP contribution in [0.25, 0.3) is 0 Å². The Labute approximate surface area is 160 Å². The van der Waals surface area contributed by atoms with Crippen LogP contribution in [0.1, 0.15) is 11.4 Å². The van der Waals surface area contributed by atoms with Crippen molar-refractivity contribution in [1.82, 2.24) is 9.97 Å². The van der Waals surface area contributed by atoms with E-state index in [4.69, 9.17) is 46.4 Å². The topological polar surface area (TPSA) is 25.8 Å². The molecule has 0 amide bonds. The van der Waals surface area contributed by atoms with Crippen molar-refractivity contribution in [2.24, 2.45) is 0 Å². The molecule has 2 aromatic rings. The van der Waals surface area contributed by atoms with Gasteiger partial charge in [-0.15, -0.1) is 0 Å². The van der Waals surface area contributed by atoms with Gasteiger partial charge in [-0.25, -0.2) is 9.97 Å². The van der Waals surface area contributed by atoms with Gasteiger partial charge >= 0.3 is 34.4 Å². The molecule has 2 rings (SSSR count). The molecule has 2 nitrogen and oxygen atoms in total. The van der Waals surface area contributed by atoms with Gasteiger partial charge in [-0.05, 0) is 38.1 Å². The molecule has 136 valence electrons. The van der Waals surface area contributed by atoms with Gasteiger partial charge in [0.05, 0.1) is 10.0 Å². The molecule has 24 heavy (non-hydrogen) atoms. The average molecular weight is 541 g/mol. The summed E-state index contributed by atoms with van der Waals surface area (Å²) in [6.07, 6.45) is 0. The zero-order valence-electron chi connectivity index (χ0n) is 12.1. The van der Waals surface area contributed by atoms with Crippen LogP contribution in [0.15, 0.2) is 24.3 Å². The standard InChI is InChI=1S/2C6H5Cl2N.5FH.Sb/c2*1-4-2-3-5(7)6(8)9-4;;;;;;/h2*2-3H,1H3;5*1H;/q;;;;;;;+5/p-5. The maximum atomic E-state index is 9.91. The molecular formula is C12H10Cl4F5N2Sb. The number of halogens is 9. The fourth-order valence-electron chi connectivity index (χ4n) is 1.02. The Kier molecular flexibility index (Phi) is 9.55. The Morgan fingerprint density at radius 3 is 1.08 bits per heavy atom. The summed E-state index contributed by atoms with van der Waals surface area (Å²) in [5.41, 5.74) is 1.76. The first kappa shape index (κ1) is 23.9. The normalized spacial score (nSPS) is 12.0. The Hall–Kier alpha value is -0.0718. The minimum absolute atomic E-state index is 0.372. The number of rotatable bonds is 0. The van der Waals surface area contributed by atoms with Crippen LogP contribution in [0, 0.1) is 13.8 Å². The van der Waals surface area contributed by atoms with E-state index in [0.29, 0.717) is 20.4 Å². The quantitative estimate of drug-likeness (QED) is 0.202. The van der Waals surface area contributed by atoms with Crippen LogP contribution in [0.2, 0.25) is 20.4 Å². The third-order valence-electron chi connectivity index (χ3n) is 1.88. The monoisotopic (exact) mass is 538 g/mol. The van der Waals surface area contributed by atoms with E-state index in [2.05, 4.69) is 9.97 Å². The molecular weight excluding hydrogens is 531 g/mol. The third-order valence-corrected chi connectivity index (χ3v) is 3.26. The van der Waals surface area contributed by atoms with Crippen LogP contribution in [0.3, 0.4) is 0 Å². The van der Waals surface area contributed by atoms with Crippen molar-refractivity contribution in [2.45, 2.75) is 13.8 Å². The van der Waals surface area contributed by atoms with Crippen molar-refractivity contribution in [3.05, 3.63) is 56.0 Å². The van der Waals surface area contributed by atoms with E-state index in [0.717, 1.165) is 11.4 Å². The van der Waals surface area contributed by atoms with E-state index in [1.165, 1.54) is 0 Å². The van der Waals surface area contributed by atoms with Crippen molar-refractivity contribution in [3.63, 3.8) is 0 Å². The number of nitrogens with zero attached hydrogens (tertiary/aromatic N) is 2. The van der Waals surface area contributed by atoms with E-state index in [9.17, 15) is 14.1 Å². The number of aryl methyl sites for hydroxylation is 2.